The Morgan fingerprint density at radius 2 is 2.17 bits per heavy atom. The Kier molecular flexibility index (Phi) is 3.75. The van der Waals surface area contributed by atoms with E-state index in [4.69, 9.17) is 0 Å². The molecule has 0 saturated carbocycles. The molecule has 1 aliphatic heterocycles. The van der Waals surface area contributed by atoms with Gasteiger partial charge in [-0.25, -0.2) is 0 Å². The van der Waals surface area contributed by atoms with Crippen LogP contribution in [-0.4, -0.2) is 28.5 Å². The Morgan fingerprint density at radius 3 is 2.96 bits per heavy atom. The lowest BCUT2D eigenvalue weighted by Gasteiger charge is -2.12. The number of hydrogen-bond donors (Lipinski definition) is 1. The van der Waals surface area contributed by atoms with E-state index in [1.165, 1.54) is 5.57 Å². The van der Waals surface area contributed by atoms with Crippen molar-refractivity contribution in [1.82, 2.24) is 14.9 Å². The van der Waals surface area contributed by atoms with Crippen molar-refractivity contribution < 1.29 is 4.79 Å². The van der Waals surface area contributed by atoms with Crippen LogP contribution in [-0.2, 0) is 0 Å². The van der Waals surface area contributed by atoms with Crippen LogP contribution in [0.3, 0.4) is 0 Å². The van der Waals surface area contributed by atoms with E-state index in [1.807, 2.05) is 49.5 Å². The highest BCUT2D eigenvalue weighted by atomic mass is 16.2. The van der Waals surface area contributed by atoms with Crippen LogP contribution in [0.2, 0.25) is 0 Å². The summed E-state index contributed by atoms with van der Waals surface area (Å²) in [4.78, 5) is 17.5. The number of pyridine rings is 1. The number of rotatable bonds is 2. The normalized spacial score (nSPS) is 14.6. The Hall–Kier alpha value is -2.72. The third-order valence-corrected chi connectivity index (χ3v) is 4.45. The summed E-state index contributed by atoms with van der Waals surface area (Å²) in [6.45, 7) is 3.81. The molecule has 1 aliphatic rings. The lowest BCUT2D eigenvalue weighted by Crippen LogP contribution is -2.20. The lowest BCUT2D eigenvalue weighted by molar-refractivity contribution is 0.0965. The van der Waals surface area contributed by atoms with Gasteiger partial charge in [-0.05, 0) is 49.7 Å². The summed E-state index contributed by atoms with van der Waals surface area (Å²) in [6.07, 6.45) is 6.87. The minimum Gasteiger partial charge on any atom is -0.313 e. The highest BCUT2D eigenvalue weighted by molar-refractivity contribution is 6.04. The summed E-state index contributed by atoms with van der Waals surface area (Å²) in [5, 5.41) is 3.32. The third-order valence-electron chi connectivity index (χ3n) is 4.45. The average Bonchev–Trinajstić information content (AvgIpc) is 3.01. The maximum absolute atomic E-state index is 13.0. The second kappa shape index (κ2) is 6.06. The third kappa shape index (κ3) is 2.55. The van der Waals surface area contributed by atoms with Crippen molar-refractivity contribution in [3.8, 4) is 0 Å². The molecule has 0 saturated heterocycles. The van der Waals surface area contributed by atoms with Gasteiger partial charge >= 0.3 is 0 Å². The number of carbonyl (C=O) groups excluding carboxylic acids is 1. The summed E-state index contributed by atoms with van der Waals surface area (Å²) in [6, 6.07) is 11.5. The van der Waals surface area contributed by atoms with Gasteiger partial charge in [-0.15, -0.1) is 0 Å². The Bertz CT molecular complexity index is 952. The topological polar surface area (TPSA) is 46.9 Å². The van der Waals surface area contributed by atoms with Gasteiger partial charge in [0.1, 0.15) is 0 Å². The van der Waals surface area contributed by atoms with Crippen molar-refractivity contribution in [2.24, 2.45) is 0 Å². The van der Waals surface area contributed by atoms with Crippen LogP contribution in [0.4, 0.5) is 0 Å². The highest BCUT2D eigenvalue weighted by Gasteiger charge is 2.18. The van der Waals surface area contributed by atoms with E-state index in [-0.39, 0.29) is 5.91 Å². The number of hydrogen-bond acceptors (Lipinski definition) is 3. The average molecular weight is 317 g/mol. The van der Waals surface area contributed by atoms with E-state index < -0.39 is 0 Å². The molecule has 0 amide bonds. The summed E-state index contributed by atoms with van der Waals surface area (Å²) >= 11 is 0. The molecule has 0 fully saturated rings. The molecule has 0 unspecified atom stereocenters. The van der Waals surface area contributed by atoms with Crippen molar-refractivity contribution >= 4 is 22.5 Å². The summed E-state index contributed by atoms with van der Waals surface area (Å²) < 4.78 is 1.73. The van der Waals surface area contributed by atoms with E-state index in [9.17, 15) is 4.79 Å². The number of aromatic nitrogens is 2. The van der Waals surface area contributed by atoms with E-state index >= 15 is 0 Å². The van der Waals surface area contributed by atoms with Crippen LogP contribution in [0, 0.1) is 6.92 Å². The molecular weight excluding hydrogens is 298 g/mol. The van der Waals surface area contributed by atoms with Crippen LogP contribution in [0.1, 0.15) is 27.9 Å². The van der Waals surface area contributed by atoms with Gasteiger partial charge in [0.25, 0.3) is 5.91 Å². The minimum absolute atomic E-state index is 0.0162. The summed E-state index contributed by atoms with van der Waals surface area (Å²) in [5.41, 5.74) is 5.85. The number of carbonyl (C=O) groups is 1. The predicted octanol–water partition coefficient (Wildman–Crippen LogP) is 3.41. The van der Waals surface area contributed by atoms with Crippen LogP contribution in [0.5, 0.6) is 0 Å². The SMILES string of the molecule is Cc1cccc(C(=O)n2cc(C3=CCNCC3)c3ncccc32)c1. The number of aryl methyl sites for hydroxylation is 1. The number of benzene rings is 1. The Morgan fingerprint density at radius 1 is 1.25 bits per heavy atom. The fraction of sp³-hybridized carbons (Fsp3) is 0.200. The van der Waals surface area contributed by atoms with E-state index in [2.05, 4.69) is 16.4 Å². The van der Waals surface area contributed by atoms with Crippen molar-refractivity contribution in [1.29, 1.82) is 0 Å². The first-order chi connectivity index (χ1) is 11.7. The molecule has 120 valence electrons. The van der Waals surface area contributed by atoms with E-state index in [0.29, 0.717) is 5.56 Å². The molecule has 0 bridgehead atoms. The molecule has 0 radical (unpaired) electrons. The summed E-state index contributed by atoms with van der Waals surface area (Å²) in [7, 11) is 0. The second-order valence-electron chi connectivity index (χ2n) is 6.14. The van der Waals surface area contributed by atoms with Gasteiger partial charge in [-0.3, -0.25) is 14.3 Å². The molecule has 0 aliphatic carbocycles. The smallest absolute Gasteiger partial charge is 0.262 e. The van der Waals surface area contributed by atoms with Crippen molar-refractivity contribution in [3.63, 3.8) is 0 Å². The quantitative estimate of drug-likeness (QED) is 0.788. The maximum atomic E-state index is 13.0. The molecule has 3 aromatic rings. The van der Waals surface area contributed by atoms with Gasteiger partial charge in [-0.1, -0.05) is 23.8 Å². The van der Waals surface area contributed by atoms with E-state index in [1.54, 1.807) is 10.8 Å². The van der Waals surface area contributed by atoms with Gasteiger partial charge < -0.3 is 5.32 Å². The van der Waals surface area contributed by atoms with Gasteiger partial charge in [0.05, 0.1) is 11.0 Å². The molecule has 4 nitrogen and oxygen atoms in total. The molecule has 4 heteroatoms. The zero-order valence-corrected chi connectivity index (χ0v) is 13.6. The van der Waals surface area contributed by atoms with Crippen LogP contribution < -0.4 is 5.32 Å². The first-order valence-electron chi connectivity index (χ1n) is 8.21. The fourth-order valence-corrected chi connectivity index (χ4v) is 3.25. The zero-order valence-electron chi connectivity index (χ0n) is 13.6. The van der Waals surface area contributed by atoms with Crippen molar-refractivity contribution in [3.05, 3.63) is 71.6 Å². The molecule has 0 atom stereocenters. The second-order valence-corrected chi connectivity index (χ2v) is 6.14. The lowest BCUT2D eigenvalue weighted by atomic mass is 10.0. The largest absolute Gasteiger partial charge is 0.313 e. The fourth-order valence-electron chi connectivity index (χ4n) is 3.25. The zero-order chi connectivity index (χ0) is 16.5. The standard InChI is InChI=1S/C20H19N3O/c1-14-4-2-5-16(12-14)20(24)23-13-17(15-7-10-21-11-8-15)19-18(23)6-3-9-22-19/h2-7,9,12-13,21H,8,10-11H2,1H3. The van der Waals surface area contributed by atoms with Crippen LogP contribution in [0.15, 0.2) is 54.9 Å². The monoisotopic (exact) mass is 317 g/mol. The minimum atomic E-state index is -0.0162. The van der Waals surface area contributed by atoms with Gasteiger partial charge in [0, 0.05) is 30.1 Å². The molecule has 3 heterocycles. The van der Waals surface area contributed by atoms with Crippen molar-refractivity contribution in [2.75, 3.05) is 13.1 Å². The van der Waals surface area contributed by atoms with Gasteiger partial charge in [0.2, 0.25) is 0 Å². The number of nitrogens with one attached hydrogen (secondary N) is 1. The molecule has 4 rings (SSSR count). The van der Waals surface area contributed by atoms with Gasteiger partial charge in [-0.2, -0.15) is 0 Å². The molecule has 0 spiro atoms. The van der Waals surface area contributed by atoms with Crippen molar-refractivity contribution in [2.45, 2.75) is 13.3 Å². The molecular formula is C20H19N3O. The van der Waals surface area contributed by atoms with E-state index in [0.717, 1.165) is 41.7 Å². The first-order valence-corrected chi connectivity index (χ1v) is 8.21. The summed E-state index contributed by atoms with van der Waals surface area (Å²) in [5.74, 6) is -0.0162. The Labute approximate surface area is 140 Å². The molecule has 1 N–H and O–H groups in total. The highest BCUT2D eigenvalue weighted by Crippen LogP contribution is 2.29. The van der Waals surface area contributed by atoms with Gasteiger partial charge in [0.15, 0.2) is 0 Å². The number of fused-ring (bicyclic) bond motifs is 1. The molecule has 1 aromatic carbocycles. The molecule has 2 aromatic heterocycles. The first kappa shape index (κ1) is 14.8. The molecule has 24 heavy (non-hydrogen) atoms. The van der Waals surface area contributed by atoms with Crippen LogP contribution >= 0.6 is 0 Å². The number of nitrogens with zero attached hydrogens (tertiary/aromatic N) is 2. The maximum Gasteiger partial charge on any atom is 0.262 e. The Balaban J connectivity index is 1.87. The van der Waals surface area contributed by atoms with Crippen LogP contribution in [0.25, 0.3) is 16.6 Å². The predicted molar refractivity (Wildman–Crippen MR) is 96.1 cm³/mol.